The molecule has 0 heterocycles. The molecule has 19 heavy (non-hydrogen) atoms. The highest BCUT2D eigenvalue weighted by Crippen LogP contribution is 2.05. The highest BCUT2D eigenvalue weighted by molar-refractivity contribution is 5.82. The van der Waals surface area contributed by atoms with Crippen molar-refractivity contribution >= 4 is 12.0 Å². The number of unbranched alkanes of at least 4 members (excludes halogenated alkanes) is 2. The maximum Gasteiger partial charge on any atom is 0.326 e. The molecule has 1 atom stereocenters. The molecule has 0 aromatic carbocycles. The van der Waals surface area contributed by atoms with Crippen molar-refractivity contribution in [1.29, 1.82) is 0 Å². The Labute approximate surface area is 114 Å². The number of hydrogen-bond donors (Lipinski definition) is 3. The highest BCUT2D eigenvalue weighted by Gasteiger charge is 2.23. The lowest BCUT2D eigenvalue weighted by atomic mass is 10.2. The number of carbonyl (C=O) groups is 2. The summed E-state index contributed by atoms with van der Waals surface area (Å²) in [6.45, 7) is 6.22. The predicted octanol–water partition coefficient (Wildman–Crippen LogP) is 1.43. The monoisotopic (exact) mass is 274 g/mol. The Balaban J connectivity index is 4.48. The maximum atomic E-state index is 12.0. The Morgan fingerprint density at radius 3 is 2.32 bits per heavy atom. The van der Waals surface area contributed by atoms with E-state index in [-0.39, 0.29) is 25.1 Å². The van der Waals surface area contributed by atoms with E-state index in [0.29, 0.717) is 6.54 Å². The van der Waals surface area contributed by atoms with E-state index in [0.717, 1.165) is 19.3 Å². The summed E-state index contributed by atoms with van der Waals surface area (Å²) in [5.41, 5.74) is 0. The SMILES string of the molecule is CCCCCN(C(=O)N[C@H](CCO)C(=O)O)C(C)C. The van der Waals surface area contributed by atoms with Crippen molar-refractivity contribution in [1.82, 2.24) is 10.2 Å². The first kappa shape index (κ1) is 17.7. The van der Waals surface area contributed by atoms with Gasteiger partial charge in [-0.15, -0.1) is 0 Å². The molecule has 0 saturated heterocycles. The number of carboxylic acids is 1. The zero-order valence-corrected chi connectivity index (χ0v) is 12.1. The number of amides is 2. The van der Waals surface area contributed by atoms with Crippen molar-refractivity contribution in [3.05, 3.63) is 0 Å². The molecule has 3 N–H and O–H groups in total. The van der Waals surface area contributed by atoms with Crippen molar-refractivity contribution in [2.75, 3.05) is 13.2 Å². The normalized spacial score (nSPS) is 12.3. The van der Waals surface area contributed by atoms with Crippen LogP contribution in [0.25, 0.3) is 0 Å². The topological polar surface area (TPSA) is 89.9 Å². The molecule has 0 aromatic rings. The Morgan fingerprint density at radius 2 is 1.89 bits per heavy atom. The van der Waals surface area contributed by atoms with Crippen molar-refractivity contribution in [2.24, 2.45) is 0 Å². The molecule has 0 rings (SSSR count). The quantitative estimate of drug-likeness (QED) is 0.555. The molecular weight excluding hydrogens is 248 g/mol. The summed E-state index contributed by atoms with van der Waals surface area (Å²) in [7, 11) is 0. The van der Waals surface area contributed by atoms with Crippen molar-refractivity contribution < 1.29 is 19.8 Å². The van der Waals surface area contributed by atoms with Crippen molar-refractivity contribution in [2.45, 2.75) is 58.5 Å². The Morgan fingerprint density at radius 1 is 1.26 bits per heavy atom. The van der Waals surface area contributed by atoms with Crippen LogP contribution in [0, 0.1) is 0 Å². The number of urea groups is 1. The standard InChI is InChI=1S/C13H26N2O4/c1-4-5-6-8-15(10(2)3)13(19)14-11(7-9-16)12(17)18/h10-11,16H,4-9H2,1-3H3,(H,14,19)(H,17,18)/t11-/m1/s1. The number of carbonyl (C=O) groups excluding carboxylic acids is 1. The summed E-state index contributed by atoms with van der Waals surface area (Å²) >= 11 is 0. The van der Waals surface area contributed by atoms with E-state index in [4.69, 9.17) is 10.2 Å². The first-order chi connectivity index (χ1) is 8.93. The van der Waals surface area contributed by atoms with Crippen LogP contribution in [0.3, 0.4) is 0 Å². The van der Waals surface area contributed by atoms with Gasteiger partial charge in [0.2, 0.25) is 0 Å². The van der Waals surface area contributed by atoms with Gasteiger partial charge in [-0.3, -0.25) is 0 Å². The summed E-state index contributed by atoms with van der Waals surface area (Å²) in [5, 5.41) is 20.2. The van der Waals surface area contributed by atoms with Crippen LogP contribution in [-0.2, 0) is 4.79 Å². The molecule has 0 bridgehead atoms. The lowest BCUT2D eigenvalue weighted by molar-refractivity contribution is -0.139. The van der Waals surface area contributed by atoms with Gasteiger partial charge in [-0.1, -0.05) is 19.8 Å². The van der Waals surface area contributed by atoms with Crippen LogP contribution in [0.1, 0.15) is 46.5 Å². The Bertz CT molecular complexity index is 282. The summed E-state index contributed by atoms with van der Waals surface area (Å²) in [6.07, 6.45) is 3.02. The molecule has 0 saturated carbocycles. The van der Waals surface area contributed by atoms with E-state index >= 15 is 0 Å². The van der Waals surface area contributed by atoms with Gasteiger partial charge in [-0.2, -0.15) is 0 Å². The second-order valence-electron chi connectivity index (χ2n) is 4.85. The number of hydrogen-bond acceptors (Lipinski definition) is 3. The minimum Gasteiger partial charge on any atom is -0.480 e. The molecule has 0 radical (unpaired) electrons. The third-order valence-electron chi connectivity index (χ3n) is 2.90. The minimum atomic E-state index is -1.13. The molecule has 112 valence electrons. The van der Waals surface area contributed by atoms with Crippen LogP contribution >= 0.6 is 0 Å². The van der Waals surface area contributed by atoms with E-state index in [1.165, 1.54) is 0 Å². The van der Waals surface area contributed by atoms with Gasteiger partial charge < -0.3 is 20.4 Å². The number of aliphatic hydroxyl groups excluding tert-OH is 1. The van der Waals surface area contributed by atoms with Crippen LogP contribution in [0.4, 0.5) is 4.79 Å². The van der Waals surface area contributed by atoms with E-state index < -0.39 is 12.0 Å². The fourth-order valence-corrected chi connectivity index (χ4v) is 1.74. The van der Waals surface area contributed by atoms with Gasteiger partial charge in [-0.25, -0.2) is 9.59 Å². The van der Waals surface area contributed by atoms with Crippen molar-refractivity contribution in [3.8, 4) is 0 Å². The van der Waals surface area contributed by atoms with Crippen LogP contribution in [0.5, 0.6) is 0 Å². The Hall–Kier alpha value is -1.30. The summed E-state index contributed by atoms with van der Waals surface area (Å²) < 4.78 is 0. The molecule has 0 aromatic heterocycles. The third kappa shape index (κ3) is 7.00. The number of nitrogens with one attached hydrogen (secondary N) is 1. The fourth-order valence-electron chi connectivity index (χ4n) is 1.74. The van der Waals surface area contributed by atoms with Gasteiger partial charge in [0.25, 0.3) is 0 Å². The molecule has 0 unspecified atom stereocenters. The number of carboxylic acid groups (broad SMARTS) is 1. The van der Waals surface area contributed by atoms with Gasteiger partial charge in [0, 0.05) is 25.6 Å². The molecule has 0 aliphatic carbocycles. The first-order valence-electron chi connectivity index (χ1n) is 6.84. The molecule has 6 heteroatoms. The number of aliphatic hydroxyl groups is 1. The number of aliphatic carboxylic acids is 1. The van der Waals surface area contributed by atoms with Gasteiger partial charge in [0.1, 0.15) is 6.04 Å². The summed E-state index contributed by atoms with van der Waals surface area (Å²) in [5.74, 6) is -1.13. The average molecular weight is 274 g/mol. The third-order valence-corrected chi connectivity index (χ3v) is 2.90. The molecule has 6 nitrogen and oxygen atoms in total. The van der Waals surface area contributed by atoms with Crippen molar-refractivity contribution in [3.63, 3.8) is 0 Å². The van der Waals surface area contributed by atoms with E-state index in [1.54, 1.807) is 4.90 Å². The van der Waals surface area contributed by atoms with Gasteiger partial charge >= 0.3 is 12.0 Å². The van der Waals surface area contributed by atoms with Gasteiger partial charge in [0.15, 0.2) is 0 Å². The highest BCUT2D eigenvalue weighted by atomic mass is 16.4. The molecule has 0 aliphatic rings. The number of nitrogens with zero attached hydrogens (tertiary/aromatic N) is 1. The van der Waals surface area contributed by atoms with Crippen LogP contribution in [0.2, 0.25) is 0 Å². The second kappa shape index (κ2) is 9.61. The predicted molar refractivity (Wildman–Crippen MR) is 73.0 cm³/mol. The summed E-state index contributed by atoms with van der Waals surface area (Å²) in [4.78, 5) is 24.6. The second-order valence-corrected chi connectivity index (χ2v) is 4.85. The molecule has 0 aliphatic heterocycles. The minimum absolute atomic E-state index is 0.0143. The lowest BCUT2D eigenvalue weighted by Crippen LogP contribution is -2.50. The van der Waals surface area contributed by atoms with E-state index in [1.807, 2.05) is 13.8 Å². The molecule has 0 fully saturated rings. The zero-order chi connectivity index (χ0) is 14.8. The van der Waals surface area contributed by atoms with Gasteiger partial charge in [-0.05, 0) is 20.3 Å². The van der Waals surface area contributed by atoms with Crippen LogP contribution in [0.15, 0.2) is 0 Å². The molecule has 2 amide bonds. The largest absolute Gasteiger partial charge is 0.480 e. The molecular formula is C13H26N2O4. The average Bonchev–Trinajstić information content (AvgIpc) is 2.33. The Kier molecular flexibility index (Phi) is 8.95. The van der Waals surface area contributed by atoms with Crippen LogP contribution in [-0.4, -0.2) is 52.3 Å². The first-order valence-corrected chi connectivity index (χ1v) is 6.84. The smallest absolute Gasteiger partial charge is 0.326 e. The van der Waals surface area contributed by atoms with E-state index in [2.05, 4.69) is 12.2 Å². The summed E-state index contributed by atoms with van der Waals surface area (Å²) in [6, 6.07) is -1.41. The zero-order valence-electron chi connectivity index (χ0n) is 12.1. The van der Waals surface area contributed by atoms with Crippen LogP contribution < -0.4 is 5.32 Å². The van der Waals surface area contributed by atoms with E-state index in [9.17, 15) is 9.59 Å². The van der Waals surface area contributed by atoms with Gasteiger partial charge in [0.05, 0.1) is 0 Å². The maximum absolute atomic E-state index is 12.0. The number of rotatable bonds is 9. The molecule has 0 spiro atoms. The lowest BCUT2D eigenvalue weighted by Gasteiger charge is -2.28. The fraction of sp³-hybridized carbons (Fsp3) is 0.846.